The Balaban J connectivity index is 1.40. The molecule has 11 heteroatoms. The molecule has 1 saturated heterocycles. The maximum absolute atomic E-state index is 15.0. The molecule has 0 spiro atoms. The molecule has 0 amide bonds. The van der Waals surface area contributed by atoms with Crippen molar-refractivity contribution in [3.05, 3.63) is 66.1 Å². The molecule has 2 aromatic carbocycles. The number of aromatic nitrogens is 4. The van der Waals surface area contributed by atoms with E-state index in [2.05, 4.69) is 25.7 Å². The Morgan fingerprint density at radius 1 is 1.15 bits per heavy atom. The number of H-pyrrole nitrogens is 1. The van der Waals surface area contributed by atoms with Gasteiger partial charge in [0.25, 0.3) is 0 Å². The summed E-state index contributed by atoms with van der Waals surface area (Å²) < 4.78 is 35.0. The number of aliphatic hydroxyl groups is 2. The van der Waals surface area contributed by atoms with E-state index < -0.39 is 24.2 Å². The van der Waals surface area contributed by atoms with Crippen LogP contribution < -0.4 is 10.2 Å². The number of hydrogen-bond donors (Lipinski definition) is 4. The van der Waals surface area contributed by atoms with Crippen LogP contribution in [0.1, 0.15) is 5.69 Å². The molecule has 3 heterocycles. The van der Waals surface area contributed by atoms with E-state index in [1.807, 2.05) is 0 Å². The van der Waals surface area contributed by atoms with Gasteiger partial charge in [-0.05, 0) is 36.4 Å². The Bertz CT molecular complexity index is 1290. The summed E-state index contributed by atoms with van der Waals surface area (Å²) in [6.45, 7) is 0.346. The molecule has 1 aliphatic rings. The molecule has 0 aliphatic carbocycles. The highest BCUT2D eigenvalue weighted by Gasteiger charge is 2.31. The van der Waals surface area contributed by atoms with E-state index in [1.165, 1.54) is 29.3 Å². The Labute approximate surface area is 186 Å². The van der Waals surface area contributed by atoms with Crippen molar-refractivity contribution in [1.29, 1.82) is 0 Å². The maximum Gasteiger partial charge on any atom is 0.238 e. The first kappa shape index (κ1) is 21.2. The van der Waals surface area contributed by atoms with Gasteiger partial charge < -0.3 is 25.2 Å². The normalized spacial score (nSPS) is 18.2. The van der Waals surface area contributed by atoms with Gasteiger partial charge in [-0.3, -0.25) is 4.98 Å². The van der Waals surface area contributed by atoms with Gasteiger partial charge in [-0.2, -0.15) is 15.4 Å². The molecule has 2 atom stereocenters. The molecule has 0 radical (unpaired) electrons. The fraction of sp³-hybridized carbons (Fsp3) is 0.227. The summed E-state index contributed by atoms with van der Waals surface area (Å²) in [5, 5.41) is 32.7. The van der Waals surface area contributed by atoms with Gasteiger partial charge in [0.2, 0.25) is 6.41 Å². The van der Waals surface area contributed by atoms with E-state index in [0.29, 0.717) is 34.7 Å². The number of aromatic amines is 1. The first-order valence-electron chi connectivity index (χ1n) is 10.2. The summed E-state index contributed by atoms with van der Waals surface area (Å²) in [5.41, 5.74) is 2.70. The van der Waals surface area contributed by atoms with E-state index in [-0.39, 0.29) is 24.1 Å². The Kier molecular flexibility index (Phi) is 5.58. The van der Waals surface area contributed by atoms with Crippen LogP contribution in [0.5, 0.6) is 0 Å². The number of nitrogens with one attached hydrogen (secondary N) is 2. The van der Waals surface area contributed by atoms with Crippen LogP contribution in [0.3, 0.4) is 0 Å². The van der Waals surface area contributed by atoms with E-state index in [1.54, 1.807) is 24.4 Å². The Morgan fingerprint density at radius 3 is 2.76 bits per heavy atom. The molecule has 0 bridgehead atoms. The van der Waals surface area contributed by atoms with Crippen molar-refractivity contribution in [1.82, 2.24) is 20.4 Å². The monoisotopic (exact) mass is 454 g/mol. The van der Waals surface area contributed by atoms with Crippen molar-refractivity contribution in [2.24, 2.45) is 0 Å². The number of anilines is 2. The number of fused-ring (bicyclic) bond motifs is 1. The summed E-state index contributed by atoms with van der Waals surface area (Å²) in [6.07, 6.45) is 1.23. The second kappa shape index (κ2) is 8.70. The van der Waals surface area contributed by atoms with Gasteiger partial charge in [0, 0.05) is 34.1 Å². The minimum absolute atomic E-state index is 0.228. The van der Waals surface area contributed by atoms with Crippen LogP contribution in [0, 0.1) is 11.6 Å². The van der Waals surface area contributed by atoms with Crippen molar-refractivity contribution in [2.75, 3.05) is 23.4 Å². The molecule has 170 valence electrons. The van der Waals surface area contributed by atoms with Crippen molar-refractivity contribution < 1.29 is 23.7 Å². The standard InChI is InChI=1S/C22H20F2N6O3/c23-19-4-13(25-8-14-9-27-29-28-14)5-21-18(19)3-12(7-26-21)17-2-1-15(6-20(17)24)30-10-16(11-31)33-22(30)32/h1-7,9,16,22,25,31-32H,8,10-11H2,(H,27,28,29)/t16-,22?/m1/s1. The number of benzene rings is 2. The molecule has 4 aromatic rings. The second-order valence-electron chi connectivity index (χ2n) is 7.65. The van der Waals surface area contributed by atoms with Crippen LogP contribution in [0.4, 0.5) is 20.2 Å². The predicted octanol–water partition coefficient (Wildman–Crippen LogP) is 2.38. The highest BCUT2D eigenvalue weighted by atomic mass is 19.1. The topological polar surface area (TPSA) is 119 Å². The maximum atomic E-state index is 15.0. The van der Waals surface area contributed by atoms with Crippen LogP contribution in [-0.4, -0.2) is 56.3 Å². The molecular formula is C22H20F2N6O3. The number of pyridine rings is 1. The van der Waals surface area contributed by atoms with Gasteiger partial charge in [-0.15, -0.1) is 0 Å². The first-order valence-corrected chi connectivity index (χ1v) is 10.2. The third kappa shape index (κ3) is 4.21. The summed E-state index contributed by atoms with van der Waals surface area (Å²) in [4.78, 5) is 5.76. The second-order valence-corrected chi connectivity index (χ2v) is 7.65. The summed E-state index contributed by atoms with van der Waals surface area (Å²) >= 11 is 0. The first-order chi connectivity index (χ1) is 16.0. The van der Waals surface area contributed by atoms with E-state index in [9.17, 15) is 19.0 Å². The number of aliphatic hydroxyl groups excluding tert-OH is 2. The average molecular weight is 454 g/mol. The van der Waals surface area contributed by atoms with Gasteiger partial charge in [0.05, 0.1) is 31.4 Å². The van der Waals surface area contributed by atoms with Crippen LogP contribution >= 0.6 is 0 Å². The minimum atomic E-state index is -1.27. The van der Waals surface area contributed by atoms with Gasteiger partial charge in [-0.25, -0.2) is 8.78 Å². The van der Waals surface area contributed by atoms with Gasteiger partial charge in [0.15, 0.2) is 0 Å². The highest BCUT2D eigenvalue weighted by Crippen LogP contribution is 2.32. The summed E-state index contributed by atoms with van der Waals surface area (Å²) in [7, 11) is 0. The molecule has 1 fully saturated rings. The molecule has 1 unspecified atom stereocenters. The molecule has 5 rings (SSSR count). The van der Waals surface area contributed by atoms with Gasteiger partial charge in [-0.1, -0.05) is 0 Å². The number of nitrogens with zero attached hydrogens (tertiary/aromatic N) is 4. The average Bonchev–Trinajstić information content (AvgIpc) is 3.47. The Morgan fingerprint density at radius 2 is 2.03 bits per heavy atom. The third-order valence-electron chi connectivity index (χ3n) is 5.47. The van der Waals surface area contributed by atoms with E-state index in [4.69, 9.17) is 4.74 Å². The van der Waals surface area contributed by atoms with Crippen LogP contribution in [0.15, 0.2) is 48.8 Å². The number of hydrogen-bond acceptors (Lipinski definition) is 8. The molecule has 1 aliphatic heterocycles. The minimum Gasteiger partial charge on any atom is -0.394 e. The van der Waals surface area contributed by atoms with Crippen molar-refractivity contribution in [3.63, 3.8) is 0 Å². The zero-order chi connectivity index (χ0) is 22.9. The van der Waals surface area contributed by atoms with Crippen molar-refractivity contribution >= 4 is 22.3 Å². The molecule has 9 nitrogen and oxygen atoms in total. The fourth-order valence-electron chi connectivity index (χ4n) is 3.79. The SMILES string of the molecule is OC[C@H]1CN(c2ccc(-c3cnc4cc(NCc5cn[nH]n5)cc(F)c4c3)c(F)c2)C(O)O1. The van der Waals surface area contributed by atoms with Crippen LogP contribution in [0.25, 0.3) is 22.0 Å². The van der Waals surface area contributed by atoms with Crippen LogP contribution in [-0.2, 0) is 11.3 Å². The number of halogens is 2. The Hall–Kier alpha value is -3.67. The lowest BCUT2D eigenvalue weighted by atomic mass is 10.0. The number of ether oxygens (including phenoxy) is 1. The zero-order valence-corrected chi connectivity index (χ0v) is 17.2. The van der Waals surface area contributed by atoms with Gasteiger partial charge in [0.1, 0.15) is 23.4 Å². The molecule has 33 heavy (non-hydrogen) atoms. The van der Waals surface area contributed by atoms with Crippen molar-refractivity contribution in [3.8, 4) is 11.1 Å². The zero-order valence-electron chi connectivity index (χ0n) is 17.2. The molecule has 4 N–H and O–H groups in total. The van der Waals surface area contributed by atoms with E-state index in [0.717, 1.165) is 0 Å². The molecule has 0 saturated carbocycles. The van der Waals surface area contributed by atoms with Crippen molar-refractivity contribution in [2.45, 2.75) is 19.1 Å². The predicted molar refractivity (Wildman–Crippen MR) is 116 cm³/mol. The van der Waals surface area contributed by atoms with Gasteiger partial charge >= 0.3 is 0 Å². The van der Waals surface area contributed by atoms with Crippen LogP contribution in [0.2, 0.25) is 0 Å². The smallest absolute Gasteiger partial charge is 0.238 e. The summed E-state index contributed by atoms with van der Waals surface area (Å²) in [6, 6.07) is 9.03. The molecule has 2 aromatic heterocycles. The van der Waals surface area contributed by atoms with E-state index >= 15 is 0 Å². The lowest BCUT2D eigenvalue weighted by Gasteiger charge is -2.21. The fourth-order valence-corrected chi connectivity index (χ4v) is 3.79. The highest BCUT2D eigenvalue weighted by molar-refractivity contribution is 5.87. The summed E-state index contributed by atoms with van der Waals surface area (Å²) in [5.74, 6) is -1.05. The lowest BCUT2D eigenvalue weighted by molar-refractivity contribution is -0.0989. The number of rotatable bonds is 6. The third-order valence-corrected chi connectivity index (χ3v) is 5.47. The largest absolute Gasteiger partial charge is 0.394 e. The quantitative estimate of drug-likeness (QED) is 0.351. The lowest BCUT2D eigenvalue weighted by Crippen LogP contribution is -2.29. The molecular weight excluding hydrogens is 434 g/mol.